The van der Waals surface area contributed by atoms with Crippen molar-refractivity contribution < 1.29 is 4.79 Å². The number of aryl methyl sites for hydroxylation is 1. The number of aromatic nitrogens is 2. The van der Waals surface area contributed by atoms with Crippen LogP contribution in [-0.4, -0.2) is 39.6 Å². The fourth-order valence-corrected chi connectivity index (χ4v) is 4.78. The van der Waals surface area contributed by atoms with Crippen molar-refractivity contribution in [2.75, 3.05) is 18.8 Å². The Balaban J connectivity index is 1.55. The first-order valence-corrected chi connectivity index (χ1v) is 10.1. The van der Waals surface area contributed by atoms with E-state index in [2.05, 4.69) is 16.9 Å². The van der Waals surface area contributed by atoms with E-state index in [-0.39, 0.29) is 11.5 Å². The van der Waals surface area contributed by atoms with E-state index in [0.717, 1.165) is 44.0 Å². The van der Waals surface area contributed by atoms with E-state index in [0.29, 0.717) is 16.8 Å². The molecule has 132 valence electrons. The van der Waals surface area contributed by atoms with Gasteiger partial charge in [-0.05, 0) is 31.1 Å². The maximum absolute atomic E-state index is 12.5. The molecule has 2 fully saturated rings. The van der Waals surface area contributed by atoms with Gasteiger partial charge in [-0.25, -0.2) is 4.98 Å². The van der Waals surface area contributed by atoms with Crippen molar-refractivity contribution in [2.45, 2.75) is 57.0 Å². The van der Waals surface area contributed by atoms with Crippen LogP contribution in [0.25, 0.3) is 0 Å². The largest absolute Gasteiger partial charge is 0.342 e. The second-order valence-corrected chi connectivity index (χ2v) is 7.98. The van der Waals surface area contributed by atoms with Crippen LogP contribution in [0.2, 0.25) is 0 Å². The predicted molar refractivity (Wildman–Crippen MR) is 96.2 cm³/mol. The molecule has 1 aromatic heterocycles. The Morgan fingerprint density at radius 2 is 2.12 bits per heavy atom. The lowest BCUT2D eigenvalue weighted by Gasteiger charge is -2.41. The molecule has 24 heavy (non-hydrogen) atoms. The van der Waals surface area contributed by atoms with Crippen LogP contribution in [0.3, 0.4) is 0 Å². The number of hydrogen-bond donors (Lipinski definition) is 1. The zero-order valence-corrected chi connectivity index (χ0v) is 15.2. The summed E-state index contributed by atoms with van der Waals surface area (Å²) in [5.41, 5.74) is 0.672. The number of piperidine rings is 1. The number of H-pyrrole nitrogens is 1. The van der Waals surface area contributed by atoms with Gasteiger partial charge in [0.1, 0.15) is 0 Å². The van der Waals surface area contributed by atoms with Gasteiger partial charge in [0.25, 0.3) is 5.56 Å². The molecule has 3 rings (SSSR count). The molecule has 0 radical (unpaired) electrons. The Kier molecular flexibility index (Phi) is 5.98. The van der Waals surface area contributed by atoms with E-state index < -0.39 is 0 Å². The Morgan fingerprint density at radius 3 is 2.92 bits per heavy atom. The first-order valence-electron chi connectivity index (χ1n) is 9.16. The number of fused-ring (bicyclic) bond motifs is 1. The van der Waals surface area contributed by atoms with Crippen molar-refractivity contribution in [3.8, 4) is 0 Å². The van der Waals surface area contributed by atoms with E-state index >= 15 is 0 Å². The van der Waals surface area contributed by atoms with Gasteiger partial charge in [0, 0.05) is 24.8 Å². The summed E-state index contributed by atoms with van der Waals surface area (Å²) in [4.78, 5) is 33.4. The number of nitrogens with one attached hydrogen (secondary N) is 1. The SMILES string of the molecule is CCCc1cc(=O)[nH]c(SCC(=O)N2CCC3CCCCC3C2)n1. The molecule has 0 bridgehead atoms. The molecule has 2 aliphatic rings. The van der Waals surface area contributed by atoms with Crippen LogP contribution in [0.4, 0.5) is 0 Å². The molecule has 1 N–H and O–H groups in total. The van der Waals surface area contributed by atoms with Crippen LogP contribution in [0.15, 0.2) is 16.0 Å². The van der Waals surface area contributed by atoms with Crippen molar-refractivity contribution in [1.82, 2.24) is 14.9 Å². The number of hydrogen-bond acceptors (Lipinski definition) is 4. The maximum atomic E-state index is 12.5. The molecule has 1 aliphatic carbocycles. The van der Waals surface area contributed by atoms with Gasteiger partial charge in [0.15, 0.2) is 5.16 Å². The van der Waals surface area contributed by atoms with Crippen molar-refractivity contribution >= 4 is 17.7 Å². The highest BCUT2D eigenvalue weighted by atomic mass is 32.2. The van der Waals surface area contributed by atoms with E-state index in [1.54, 1.807) is 6.07 Å². The molecule has 6 heteroatoms. The molecule has 0 aromatic carbocycles. The summed E-state index contributed by atoms with van der Waals surface area (Å²) in [7, 11) is 0. The minimum atomic E-state index is -0.133. The minimum Gasteiger partial charge on any atom is -0.342 e. The van der Waals surface area contributed by atoms with Crippen LogP contribution in [0.1, 0.15) is 51.1 Å². The fraction of sp³-hybridized carbons (Fsp3) is 0.722. The Bertz CT molecular complexity index is 631. The van der Waals surface area contributed by atoms with E-state index in [9.17, 15) is 9.59 Å². The quantitative estimate of drug-likeness (QED) is 0.656. The first kappa shape index (κ1) is 17.5. The van der Waals surface area contributed by atoms with Gasteiger partial charge in [-0.2, -0.15) is 0 Å². The third kappa shape index (κ3) is 4.41. The molecular formula is C18H27N3O2S. The fourth-order valence-electron chi connectivity index (χ4n) is 3.98. The molecule has 1 aromatic rings. The Hall–Kier alpha value is -1.30. The summed E-state index contributed by atoms with van der Waals surface area (Å²) in [6, 6.07) is 1.54. The van der Waals surface area contributed by atoms with Crippen molar-refractivity contribution in [3.05, 3.63) is 22.1 Å². The molecular weight excluding hydrogens is 322 g/mol. The predicted octanol–water partition coefficient (Wildman–Crippen LogP) is 2.85. The molecule has 1 saturated heterocycles. The van der Waals surface area contributed by atoms with Gasteiger partial charge < -0.3 is 9.88 Å². The highest BCUT2D eigenvalue weighted by Crippen LogP contribution is 2.36. The van der Waals surface area contributed by atoms with Crippen LogP contribution in [0.5, 0.6) is 0 Å². The lowest BCUT2D eigenvalue weighted by atomic mass is 9.75. The zero-order chi connectivity index (χ0) is 16.9. The van der Waals surface area contributed by atoms with E-state index in [4.69, 9.17) is 0 Å². The standard InChI is InChI=1S/C18H27N3O2S/c1-2-5-15-10-16(22)20-18(19-15)24-12-17(23)21-9-8-13-6-3-4-7-14(13)11-21/h10,13-14H,2-9,11-12H2,1H3,(H,19,20,22). The molecule has 2 atom stereocenters. The highest BCUT2D eigenvalue weighted by Gasteiger charge is 2.32. The van der Waals surface area contributed by atoms with Crippen LogP contribution >= 0.6 is 11.8 Å². The van der Waals surface area contributed by atoms with Crippen molar-refractivity contribution in [1.29, 1.82) is 0 Å². The van der Waals surface area contributed by atoms with Crippen LogP contribution in [0, 0.1) is 11.8 Å². The third-order valence-corrected chi connectivity index (χ3v) is 6.11. The summed E-state index contributed by atoms with van der Waals surface area (Å²) in [5, 5.41) is 0.562. The highest BCUT2D eigenvalue weighted by molar-refractivity contribution is 7.99. The summed E-state index contributed by atoms with van der Waals surface area (Å²) in [6.07, 6.45) is 8.19. The van der Waals surface area contributed by atoms with Crippen LogP contribution < -0.4 is 5.56 Å². The maximum Gasteiger partial charge on any atom is 0.251 e. The monoisotopic (exact) mass is 349 g/mol. The second kappa shape index (κ2) is 8.19. The van der Waals surface area contributed by atoms with Gasteiger partial charge in [-0.15, -0.1) is 0 Å². The van der Waals surface area contributed by atoms with Crippen molar-refractivity contribution in [2.24, 2.45) is 11.8 Å². The van der Waals surface area contributed by atoms with Gasteiger partial charge in [-0.3, -0.25) is 9.59 Å². The third-order valence-electron chi connectivity index (χ3n) is 5.26. The number of rotatable bonds is 5. The van der Waals surface area contributed by atoms with E-state index in [1.165, 1.54) is 37.4 Å². The van der Waals surface area contributed by atoms with Crippen molar-refractivity contribution in [3.63, 3.8) is 0 Å². The molecule has 5 nitrogen and oxygen atoms in total. The average Bonchev–Trinajstić information content (AvgIpc) is 2.59. The Morgan fingerprint density at radius 1 is 1.33 bits per heavy atom. The topological polar surface area (TPSA) is 66.1 Å². The number of nitrogens with zero attached hydrogens (tertiary/aromatic N) is 2. The summed E-state index contributed by atoms with van der Waals surface area (Å²) < 4.78 is 0. The lowest BCUT2D eigenvalue weighted by molar-refractivity contribution is -0.131. The number of aromatic amines is 1. The number of thioether (sulfide) groups is 1. The van der Waals surface area contributed by atoms with Crippen LogP contribution in [-0.2, 0) is 11.2 Å². The number of carbonyl (C=O) groups is 1. The molecule has 1 aliphatic heterocycles. The Labute approximate surface area is 147 Å². The van der Waals surface area contributed by atoms with Gasteiger partial charge in [-0.1, -0.05) is 44.4 Å². The molecule has 2 unspecified atom stereocenters. The summed E-state index contributed by atoms with van der Waals surface area (Å²) >= 11 is 1.35. The smallest absolute Gasteiger partial charge is 0.251 e. The van der Waals surface area contributed by atoms with Gasteiger partial charge in [0.2, 0.25) is 5.91 Å². The van der Waals surface area contributed by atoms with E-state index in [1.807, 2.05) is 4.90 Å². The first-order chi connectivity index (χ1) is 11.7. The van der Waals surface area contributed by atoms with Gasteiger partial charge in [0.05, 0.1) is 5.75 Å². The molecule has 1 amide bonds. The zero-order valence-electron chi connectivity index (χ0n) is 14.4. The normalized spacial score (nSPS) is 23.8. The number of likely N-dealkylation sites (tertiary alicyclic amines) is 1. The van der Waals surface area contributed by atoms with Gasteiger partial charge >= 0.3 is 0 Å². The number of amides is 1. The minimum absolute atomic E-state index is 0.133. The number of carbonyl (C=O) groups excluding carboxylic acids is 1. The molecule has 1 saturated carbocycles. The summed E-state index contributed by atoms with van der Waals surface area (Å²) in [5.74, 6) is 2.06. The lowest BCUT2D eigenvalue weighted by Crippen LogP contribution is -2.45. The summed E-state index contributed by atoms with van der Waals surface area (Å²) in [6.45, 7) is 3.87. The second-order valence-electron chi connectivity index (χ2n) is 7.01. The average molecular weight is 350 g/mol. The molecule has 0 spiro atoms. The molecule has 2 heterocycles.